The first kappa shape index (κ1) is 29.2. The number of fused-ring (bicyclic) bond motifs is 2. The number of amides is 2. The number of halogens is 6. The molecule has 2 aliphatic heterocycles. The van der Waals surface area contributed by atoms with E-state index in [0.29, 0.717) is 25.6 Å². The summed E-state index contributed by atoms with van der Waals surface area (Å²) in [6, 6.07) is 5.25. The van der Waals surface area contributed by atoms with E-state index in [0.717, 1.165) is 18.9 Å². The number of ether oxygens (including phenoxy) is 1. The number of rotatable bonds is 8. The van der Waals surface area contributed by atoms with Crippen LogP contribution >= 0.6 is 23.2 Å². The van der Waals surface area contributed by atoms with Crippen molar-refractivity contribution in [1.82, 2.24) is 15.6 Å². The van der Waals surface area contributed by atoms with E-state index in [1.165, 1.54) is 18.3 Å². The van der Waals surface area contributed by atoms with Gasteiger partial charge >= 0.3 is 0 Å². The van der Waals surface area contributed by atoms with Crippen LogP contribution in [0.25, 0.3) is 0 Å². The molecule has 2 aliphatic rings. The maximum Gasteiger partial charge on any atom is 0.290 e. The second-order valence-electron chi connectivity index (χ2n) is 10.5. The first-order valence-electron chi connectivity index (χ1n) is 12.4. The Balaban J connectivity index is 1.38. The Morgan fingerprint density at radius 1 is 1.10 bits per heavy atom. The number of carbonyl (C=O) groups excluding carboxylic acids is 2. The zero-order valence-corrected chi connectivity index (χ0v) is 22.9. The van der Waals surface area contributed by atoms with E-state index in [9.17, 15) is 27.2 Å². The van der Waals surface area contributed by atoms with Gasteiger partial charge in [0.1, 0.15) is 17.4 Å². The van der Waals surface area contributed by atoms with Crippen molar-refractivity contribution in [3.8, 4) is 5.75 Å². The molecule has 4 rings (SSSR count). The lowest BCUT2D eigenvalue weighted by Crippen LogP contribution is -2.55. The van der Waals surface area contributed by atoms with Gasteiger partial charge in [0, 0.05) is 30.4 Å². The number of hydrogen-bond acceptors (Lipinski definition) is 5. The Bertz CT molecular complexity index is 1230. The Morgan fingerprint density at radius 2 is 1.74 bits per heavy atom. The molecule has 2 bridgehead atoms. The summed E-state index contributed by atoms with van der Waals surface area (Å²) in [5.74, 6) is -4.64. The number of piperidine rings is 1. The van der Waals surface area contributed by atoms with Gasteiger partial charge in [-0.2, -0.15) is 0 Å². The molecule has 2 N–H and O–H groups in total. The van der Waals surface area contributed by atoms with Gasteiger partial charge in [-0.3, -0.25) is 9.59 Å². The van der Waals surface area contributed by atoms with Gasteiger partial charge in [-0.25, -0.2) is 22.5 Å². The Morgan fingerprint density at radius 3 is 2.31 bits per heavy atom. The van der Waals surface area contributed by atoms with Crippen LogP contribution in [0.4, 0.5) is 23.4 Å². The molecule has 0 saturated carbocycles. The summed E-state index contributed by atoms with van der Waals surface area (Å²) in [4.78, 5) is 31.7. The number of aromatic nitrogens is 1. The van der Waals surface area contributed by atoms with E-state index in [1.807, 2.05) is 0 Å². The van der Waals surface area contributed by atoms with Crippen molar-refractivity contribution in [3.63, 3.8) is 0 Å². The van der Waals surface area contributed by atoms with Gasteiger partial charge in [-0.15, -0.1) is 0 Å². The predicted molar refractivity (Wildman–Crippen MR) is 139 cm³/mol. The minimum Gasteiger partial charge on any atom is -0.476 e. The molecule has 212 valence electrons. The van der Waals surface area contributed by atoms with Crippen LogP contribution in [0.15, 0.2) is 30.5 Å². The highest BCUT2D eigenvalue weighted by atomic mass is 35.5. The molecule has 2 saturated heterocycles. The molecule has 1 aromatic carbocycles. The number of carbonyl (C=O) groups is 2. The fourth-order valence-corrected chi connectivity index (χ4v) is 5.38. The molecule has 7 nitrogen and oxygen atoms in total. The molecule has 2 fully saturated rings. The highest BCUT2D eigenvalue weighted by molar-refractivity contribution is 6.35. The second-order valence-corrected chi connectivity index (χ2v) is 11.3. The zero-order chi connectivity index (χ0) is 28.7. The minimum atomic E-state index is -3.37. The molecule has 0 aliphatic carbocycles. The number of benzene rings is 1. The van der Waals surface area contributed by atoms with Gasteiger partial charge < -0.3 is 20.3 Å². The van der Waals surface area contributed by atoms with Gasteiger partial charge in [0.05, 0.1) is 15.6 Å². The molecule has 0 radical (unpaired) electrons. The van der Waals surface area contributed by atoms with Crippen LogP contribution in [0.3, 0.4) is 0 Å². The quantitative estimate of drug-likeness (QED) is 0.235. The van der Waals surface area contributed by atoms with Crippen molar-refractivity contribution in [2.24, 2.45) is 0 Å². The molecule has 0 spiro atoms. The smallest absolute Gasteiger partial charge is 0.290 e. The van der Waals surface area contributed by atoms with Crippen LogP contribution in [0.2, 0.25) is 10.0 Å². The van der Waals surface area contributed by atoms with Gasteiger partial charge in [0.25, 0.3) is 18.2 Å². The normalized spacial score (nSPS) is 22.4. The Hall–Kier alpha value is -2.79. The lowest BCUT2D eigenvalue weighted by Gasteiger charge is -2.40. The SMILES string of the molecule is CC(C)(Oc1cc(F)c(Cl)cc1Cl)C(=O)NC1CC2CCC(C1)N2c1ccc(C(=O)N[C@](C)(F)C(F)F)cn1. The van der Waals surface area contributed by atoms with E-state index >= 15 is 0 Å². The monoisotopic (exact) mass is 590 g/mol. The van der Waals surface area contributed by atoms with Gasteiger partial charge in [-0.05, 0) is 64.7 Å². The molecule has 3 heterocycles. The summed E-state index contributed by atoms with van der Waals surface area (Å²) in [7, 11) is 0. The fourth-order valence-electron chi connectivity index (χ4n) is 4.95. The van der Waals surface area contributed by atoms with Crippen LogP contribution < -0.4 is 20.3 Å². The van der Waals surface area contributed by atoms with Crippen molar-refractivity contribution in [3.05, 3.63) is 51.9 Å². The van der Waals surface area contributed by atoms with Gasteiger partial charge in [0.15, 0.2) is 5.60 Å². The molecular formula is C26H28Cl2F4N4O3. The third kappa shape index (κ3) is 6.35. The first-order valence-corrected chi connectivity index (χ1v) is 13.1. The molecule has 1 aromatic heterocycles. The van der Waals surface area contributed by atoms with Crippen LogP contribution in [0.1, 0.15) is 56.8 Å². The van der Waals surface area contributed by atoms with Crippen molar-refractivity contribution in [1.29, 1.82) is 0 Å². The van der Waals surface area contributed by atoms with E-state index in [2.05, 4.69) is 15.2 Å². The van der Waals surface area contributed by atoms with Crippen LogP contribution in [0.5, 0.6) is 5.75 Å². The summed E-state index contributed by atoms with van der Waals surface area (Å²) in [5, 5.41) is 4.62. The molecule has 13 heteroatoms. The highest BCUT2D eigenvalue weighted by Gasteiger charge is 2.43. The third-order valence-corrected chi connectivity index (χ3v) is 7.58. The molecular weight excluding hydrogens is 563 g/mol. The summed E-state index contributed by atoms with van der Waals surface area (Å²) in [6.07, 6.45) is 0.857. The van der Waals surface area contributed by atoms with Crippen molar-refractivity contribution in [2.45, 2.75) is 82.4 Å². The average Bonchev–Trinajstić information content (AvgIpc) is 3.12. The highest BCUT2D eigenvalue weighted by Crippen LogP contribution is 2.39. The Kier molecular flexibility index (Phi) is 8.23. The van der Waals surface area contributed by atoms with Crippen molar-refractivity contribution < 1.29 is 31.9 Å². The molecule has 2 amide bonds. The molecule has 2 aromatic rings. The van der Waals surface area contributed by atoms with Crippen molar-refractivity contribution >= 4 is 40.8 Å². The summed E-state index contributed by atoms with van der Waals surface area (Å²) >= 11 is 11.8. The zero-order valence-electron chi connectivity index (χ0n) is 21.4. The summed E-state index contributed by atoms with van der Waals surface area (Å²) < 4.78 is 58.9. The number of pyridine rings is 1. The standard InChI is InChI=1S/C26H28Cl2F4N4O3/c1-25(2,39-20-11-19(29)17(27)10-18(20)28)24(38)34-14-8-15-5-6-16(9-14)36(15)21-7-4-13(12-33-21)22(37)35-26(3,32)23(30)31/h4,7,10-12,14-16,23H,5-6,8-9H2,1-3H3,(H,34,38)(H,35,37)/t14?,15?,16?,26-/m0/s1. The largest absolute Gasteiger partial charge is 0.476 e. The number of nitrogens with zero attached hydrogens (tertiary/aromatic N) is 2. The lowest BCUT2D eigenvalue weighted by molar-refractivity contribution is -0.135. The maximum atomic E-state index is 13.9. The summed E-state index contributed by atoms with van der Waals surface area (Å²) in [5.41, 5.74) is -1.39. The van der Waals surface area contributed by atoms with Crippen LogP contribution in [-0.4, -0.2) is 52.7 Å². The molecule has 3 atom stereocenters. The van der Waals surface area contributed by atoms with Gasteiger partial charge in [0.2, 0.25) is 5.79 Å². The lowest BCUT2D eigenvalue weighted by atomic mass is 9.96. The number of hydrogen-bond donors (Lipinski definition) is 2. The van der Waals surface area contributed by atoms with Crippen LogP contribution in [0, 0.1) is 5.82 Å². The van der Waals surface area contributed by atoms with E-state index in [1.54, 1.807) is 25.2 Å². The van der Waals surface area contributed by atoms with E-state index in [4.69, 9.17) is 27.9 Å². The van der Waals surface area contributed by atoms with E-state index < -0.39 is 29.5 Å². The van der Waals surface area contributed by atoms with Crippen molar-refractivity contribution in [2.75, 3.05) is 4.90 Å². The average molecular weight is 591 g/mol. The first-order chi connectivity index (χ1) is 18.2. The molecule has 39 heavy (non-hydrogen) atoms. The second kappa shape index (κ2) is 11.0. The van der Waals surface area contributed by atoms with Gasteiger partial charge in [-0.1, -0.05) is 23.2 Å². The minimum absolute atomic E-state index is 0.00200. The number of anilines is 1. The topological polar surface area (TPSA) is 83.6 Å². The number of alkyl halides is 3. The molecule has 2 unspecified atom stereocenters. The number of nitrogens with one attached hydrogen (secondary N) is 2. The summed E-state index contributed by atoms with van der Waals surface area (Å²) in [6.45, 7) is 3.71. The third-order valence-electron chi connectivity index (χ3n) is 7.00. The Labute approximate surface area is 233 Å². The fraction of sp³-hybridized carbons (Fsp3) is 0.500. The van der Waals surface area contributed by atoms with E-state index in [-0.39, 0.29) is 45.4 Å². The van der Waals surface area contributed by atoms with Crippen LogP contribution in [-0.2, 0) is 4.79 Å². The predicted octanol–water partition coefficient (Wildman–Crippen LogP) is 5.68. The maximum absolute atomic E-state index is 13.9.